The summed E-state index contributed by atoms with van der Waals surface area (Å²) >= 11 is 0. The maximum atomic E-state index is 13.1. The van der Waals surface area contributed by atoms with Crippen LogP contribution in [0.2, 0.25) is 0 Å². The Kier molecular flexibility index (Phi) is 3.88. The highest BCUT2D eigenvalue weighted by Gasteiger charge is 2.55. The van der Waals surface area contributed by atoms with Gasteiger partial charge in [-0.05, 0) is 25.8 Å². The smallest absolute Gasteiger partial charge is 0.274 e. The number of benzene rings is 1. The van der Waals surface area contributed by atoms with Crippen LogP contribution >= 0.6 is 0 Å². The Labute approximate surface area is 159 Å². The average Bonchev–Trinajstić information content (AvgIpc) is 3.02. The van der Waals surface area contributed by atoms with E-state index in [1.54, 1.807) is 0 Å². The summed E-state index contributed by atoms with van der Waals surface area (Å²) in [5.74, 6) is 0.0611. The highest BCUT2D eigenvalue weighted by molar-refractivity contribution is 5.95. The molecule has 1 spiro atoms. The number of amides is 1. The minimum absolute atomic E-state index is 0.0338. The zero-order valence-corrected chi connectivity index (χ0v) is 15.9. The van der Waals surface area contributed by atoms with Gasteiger partial charge in [-0.3, -0.25) is 14.8 Å². The summed E-state index contributed by atoms with van der Waals surface area (Å²) in [5.41, 5.74) is 4.11. The number of hydrogen-bond donors (Lipinski definition) is 1. The first-order valence-corrected chi connectivity index (χ1v) is 9.86. The van der Waals surface area contributed by atoms with Crippen molar-refractivity contribution in [2.75, 3.05) is 19.6 Å². The first-order chi connectivity index (χ1) is 13.1. The maximum absolute atomic E-state index is 13.1. The molecule has 0 radical (unpaired) electrons. The van der Waals surface area contributed by atoms with Gasteiger partial charge in [0.1, 0.15) is 0 Å². The van der Waals surface area contributed by atoms with E-state index in [-0.39, 0.29) is 23.7 Å². The number of hydrogen-bond acceptors (Lipinski definition) is 4. The van der Waals surface area contributed by atoms with Gasteiger partial charge in [-0.2, -0.15) is 5.10 Å². The van der Waals surface area contributed by atoms with E-state index in [1.807, 2.05) is 11.8 Å². The predicted octanol–water partition coefficient (Wildman–Crippen LogP) is 2.53. The van der Waals surface area contributed by atoms with Crippen LogP contribution in [0.4, 0.5) is 0 Å². The van der Waals surface area contributed by atoms with Crippen molar-refractivity contribution >= 4 is 5.91 Å². The quantitative estimate of drug-likeness (QED) is 0.907. The van der Waals surface area contributed by atoms with Gasteiger partial charge in [-0.15, -0.1) is 0 Å². The Balaban J connectivity index is 1.27. The van der Waals surface area contributed by atoms with Crippen LogP contribution in [0.5, 0.6) is 0 Å². The van der Waals surface area contributed by atoms with Gasteiger partial charge in [0.15, 0.2) is 5.69 Å². The second-order valence-corrected chi connectivity index (χ2v) is 8.30. The second kappa shape index (κ2) is 6.17. The van der Waals surface area contributed by atoms with Crippen molar-refractivity contribution in [3.05, 3.63) is 52.8 Å². The molecule has 2 aromatic rings. The molecule has 6 nitrogen and oxygen atoms in total. The van der Waals surface area contributed by atoms with Gasteiger partial charge in [-0.25, -0.2) is 0 Å². The number of likely N-dealkylation sites (tertiary alicyclic amines) is 2. The Morgan fingerprint density at radius 2 is 2.07 bits per heavy atom. The van der Waals surface area contributed by atoms with Crippen molar-refractivity contribution in [1.29, 1.82) is 0 Å². The van der Waals surface area contributed by atoms with Crippen LogP contribution in [0.15, 0.2) is 30.3 Å². The molecule has 142 valence electrons. The molecular formula is C21H26N4O2. The zero-order chi connectivity index (χ0) is 18.6. The summed E-state index contributed by atoms with van der Waals surface area (Å²) in [6.07, 6.45) is 2.00. The third-order valence-corrected chi connectivity index (χ3v) is 6.43. The number of carbonyl (C=O) groups is 1. The summed E-state index contributed by atoms with van der Waals surface area (Å²) in [6, 6.07) is 10.6. The van der Waals surface area contributed by atoms with E-state index in [0.29, 0.717) is 5.69 Å². The molecule has 1 N–H and O–H groups in total. The highest BCUT2D eigenvalue weighted by Crippen LogP contribution is 2.41. The summed E-state index contributed by atoms with van der Waals surface area (Å²) in [5, 5.41) is 7.39. The number of rotatable bonds is 3. The number of fused-ring (bicyclic) bond motifs is 1. The van der Waals surface area contributed by atoms with Gasteiger partial charge in [-0.1, -0.05) is 30.3 Å². The van der Waals surface area contributed by atoms with Crippen molar-refractivity contribution in [2.45, 2.75) is 51.0 Å². The Bertz CT molecular complexity index is 856. The SMILES string of the molecule is C[C@@H]1Cc2c(C(=O)N3CC4(CCN4Cc4ccccc4)C3)n[nH]c2[C@H](C)O1. The summed E-state index contributed by atoms with van der Waals surface area (Å²) < 4.78 is 5.83. The van der Waals surface area contributed by atoms with Crippen molar-refractivity contribution < 1.29 is 9.53 Å². The molecule has 0 saturated carbocycles. The van der Waals surface area contributed by atoms with E-state index in [4.69, 9.17) is 4.74 Å². The van der Waals surface area contributed by atoms with Gasteiger partial charge in [0, 0.05) is 38.2 Å². The van der Waals surface area contributed by atoms with Gasteiger partial charge in [0.25, 0.3) is 5.91 Å². The van der Waals surface area contributed by atoms with Gasteiger partial charge < -0.3 is 9.64 Å². The number of H-pyrrole nitrogens is 1. The highest BCUT2D eigenvalue weighted by atomic mass is 16.5. The van der Waals surface area contributed by atoms with Crippen LogP contribution in [-0.4, -0.2) is 57.2 Å². The molecule has 3 aliphatic rings. The topological polar surface area (TPSA) is 61.5 Å². The monoisotopic (exact) mass is 366 g/mol. The van der Waals surface area contributed by atoms with Crippen molar-refractivity contribution in [3.63, 3.8) is 0 Å². The summed E-state index contributed by atoms with van der Waals surface area (Å²) in [6.45, 7) is 7.75. The number of nitrogens with zero attached hydrogens (tertiary/aromatic N) is 3. The fourth-order valence-electron chi connectivity index (χ4n) is 4.80. The molecule has 2 atom stereocenters. The standard InChI is InChI=1S/C21H26N4O2/c1-14-10-17-18(15(2)27-14)22-23-19(17)20(26)24-12-21(13-24)8-9-25(21)11-16-6-4-3-5-7-16/h3-7,14-15H,8-13H2,1-2H3,(H,22,23)/t14-,15+/m1/s1. The number of aromatic amines is 1. The number of ether oxygens (including phenoxy) is 1. The molecule has 1 aromatic heterocycles. The fraction of sp³-hybridized carbons (Fsp3) is 0.524. The largest absolute Gasteiger partial charge is 0.369 e. The van der Waals surface area contributed by atoms with E-state index >= 15 is 0 Å². The summed E-state index contributed by atoms with van der Waals surface area (Å²) in [4.78, 5) is 17.5. The first-order valence-electron chi connectivity index (χ1n) is 9.86. The molecule has 2 saturated heterocycles. The maximum Gasteiger partial charge on any atom is 0.274 e. The molecule has 0 bridgehead atoms. The van der Waals surface area contributed by atoms with Crippen molar-refractivity contribution in [1.82, 2.24) is 20.0 Å². The number of nitrogens with one attached hydrogen (secondary N) is 1. The van der Waals surface area contributed by atoms with Crippen LogP contribution < -0.4 is 0 Å². The molecule has 3 aliphatic heterocycles. The third kappa shape index (κ3) is 2.70. The lowest BCUT2D eigenvalue weighted by Gasteiger charge is -2.62. The van der Waals surface area contributed by atoms with E-state index in [0.717, 1.165) is 43.9 Å². The van der Waals surface area contributed by atoms with Crippen LogP contribution in [0.25, 0.3) is 0 Å². The van der Waals surface area contributed by atoms with Crippen molar-refractivity contribution in [3.8, 4) is 0 Å². The van der Waals surface area contributed by atoms with E-state index in [1.165, 1.54) is 12.0 Å². The van der Waals surface area contributed by atoms with Gasteiger partial charge in [0.2, 0.25) is 0 Å². The predicted molar refractivity (Wildman–Crippen MR) is 101 cm³/mol. The lowest BCUT2D eigenvalue weighted by molar-refractivity contribution is -0.112. The Morgan fingerprint density at radius 3 is 2.78 bits per heavy atom. The lowest BCUT2D eigenvalue weighted by Crippen LogP contribution is -2.77. The lowest BCUT2D eigenvalue weighted by atomic mass is 9.77. The number of aromatic nitrogens is 2. The minimum Gasteiger partial charge on any atom is -0.369 e. The Morgan fingerprint density at radius 1 is 1.30 bits per heavy atom. The molecule has 1 aromatic carbocycles. The van der Waals surface area contributed by atoms with Crippen molar-refractivity contribution in [2.24, 2.45) is 0 Å². The molecule has 6 heteroatoms. The fourth-order valence-corrected chi connectivity index (χ4v) is 4.80. The van der Waals surface area contributed by atoms with Crippen LogP contribution in [0.3, 0.4) is 0 Å². The zero-order valence-electron chi connectivity index (χ0n) is 15.9. The average molecular weight is 366 g/mol. The second-order valence-electron chi connectivity index (χ2n) is 8.30. The van der Waals surface area contributed by atoms with E-state index in [2.05, 4.69) is 52.4 Å². The first kappa shape index (κ1) is 17.0. The molecule has 27 heavy (non-hydrogen) atoms. The van der Waals surface area contributed by atoms with Gasteiger partial charge >= 0.3 is 0 Å². The van der Waals surface area contributed by atoms with E-state index in [9.17, 15) is 4.79 Å². The molecular weight excluding hydrogens is 340 g/mol. The molecule has 4 heterocycles. The molecule has 0 unspecified atom stereocenters. The normalized spacial score (nSPS) is 26.4. The summed E-state index contributed by atoms with van der Waals surface area (Å²) in [7, 11) is 0. The number of carbonyl (C=O) groups excluding carboxylic acids is 1. The molecule has 0 aliphatic carbocycles. The van der Waals surface area contributed by atoms with Gasteiger partial charge in [0.05, 0.1) is 23.4 Å². The Hall–Kier alpha value is -2.18. The molecule has 2 fully saturated rings. The van der Waals surface area contributed by atoms with Crippen LogP contribution in [0, 0.1) is 0 Å². The minimum atomic E-state index is -0.0338. The third-order valence-electron chi connectivity index (χ3n) is 6.43. The van der Waals surface area contributed by atoms with E-state index < -0.39 is 0 Å². The molecule has 1 amide bonds. The van der Waals surface area contributed by atoms with Crippen LogP contribution in [0.1, 0.15) is 53.7 Å². The van der Waals surface area contributed by atoms with Crippen LogP contribution in [-0.2, 0) is 17.7 Å². The molecule has 5 rings (SSSR count).